The quantitative estimate of drug-likeness (QED) is 0.746. The van der Waals surface area contributed by atoms with Gasteiger partial charge in [-0.2, -0.15) is 0 Å². The summed E-state index contributed by atoms with van der Waals surface area (Å²) in [5.41, 5.74) is 6.09. The van der Waals surface area contributed by atoms with Gasteiger partial charge in [0, 0.05) is 55.8 Å². The molecule has 0 unspecified atom stereocenters. The van der Waals surface area contributed by atoms with Crippen molar-refractivity contribution in [1.29, 1.82) is 0 Å². The Labute approximate surface area is 184 Å². The third kappa shape index (κ3) is 3.96. The number of hydrogen-bond acceptors (Lipinski definition) is 3. The van der Waals surface area contributed by atoms with Crippen LogP contribution in [0.15, 0.2) is 35.1 Å². The Morgan fingerprint density at radius 3 is 2.58 bits per heavy atom. The van der Waals surface area contributed by atoms with Crippen LogP contribution in [-0.2, 0) is 24.4 Å². The lowest BCUT2D eigenvalue weighted by Gasteiger charge is -2.43. The molecule has 164 valence electrons. The Kier molecular flexibility index (Phi) is 5.25. The normalized spacial score (nSPS) is 22.5. The molecule has 0 spiro atoms. The summed E-state index contributed by atoms with van der Waals surface area (Å²) in [6.45, 7) is 8.12. The predicted molar refractivity (Wildman–Crippen MR) is 122 cm³/mol. The van der Waals surface area contributed by atoms with Crippen LogP contribution in [0.1, 0.15) is 53.1 Å². The van der Waals surface area contributed by atoms with Crippen LogP contribution in [0.4, 0.5) is 0 Å². The summed E-state index contributed by atoms with van der Waals surface area (Å²) in [7, 11) is 2.08. The Morgan fingerprint density at radius 2 is 1.81 bits per heavy atom. The first-order valence-electron chi connectivity index (χ1n) is 11.7. The molecule has 3 aliphatic rings. The minimum Gasteiger partial charge on any atom is -0.341 e. The molecule has 0 radical (unpaired) electrons. The van der Waals surface area contributed by atoms with E-state index in [-0.39, 0.29) is 11.5 Å². The van der Waals surface area contributed by atoms with E-state index in [2.05, 4.69) is 55.0 Å². The first-order valence-corrected chi connectivity index (χ1v) is 11.7. The van der Waals surface area contributed by atoms with E-state index in [9.17, 15) is 9.59 Å². The molecule has 5 nitrogen and oxygen atoms in total. The van der Waals surface area contributed by atoms with Crippen LogP contribution in [0.3, 0.4) is 0 Å². The molecule has 3 heterocycles. The molecule has 1 saturated carbocycles. The number of carbonyl (C=O) groups is 1. The smallest absolute Gasteiger partial charge is 0.255 e. The van der Waals surface area contributed by atoms with Gasteiger partial charge in [0.15, 0.2) is 0 Å². The standard InChI is InChI=1S/C26H33N3O2/c1-17-5-4-6-21(18(17)2)14-27(3)15-22-9-10-24-23-11-19(13-29(24)26(22)31)12-28(16-23)25(30)20-7-8-20/h4-6,9-10,19-20,23H,7-8,11-16H2,1-3H3/t19-,23+/m0/s1. The largest absolute Gasteiger partial charge is 0.341 e. The maximum absolute atomic E-state index is 13.3. The van der Waals surface area contributed by atoms with Gasteiger partial charge in [-0.25, -0.2) is 0 Å². The molecule has 2 aromatic rings. The van der Waals surface area contributed by atoms with Crippen LogP contribution < -0.4 is 5.56 Å². The summed E-state index contributed by atoms with van der Waals surface area (Å²) < 4.78 is 2.01. The summed E-state index contributed by atoms with van der Waals surface area (Å²) in [6, 6.07) is 10.6. The Balaban J connectivity index is 1.33. The zero-order valence-electron chi connectivity index (χ0n) is 18.9. The SMILES string of the molecule is Cc1cccc(CN(C)Cc2ccc3n(c2=O)C[C@H]2C[C@@H]3CN(C(=O)C3CC3)C2)c1C. The molecule has 1 aromatic carbocycles. The fraction of sp³-hybridized carbons (Fsp3) is 0.538. The van der Waals surface area contributed by atoms with Gasteiger partial charge in [-0.3, -0.25) is 14.5 Å². The Morgan fingerprint density at radius 1 is 1.03 bits per heavy atom. The third-order valence-electron chi connectivity index (χ3n) is 7.52. The van der Waals surface area contributed by atoms with E-state index >= 15 is 0 Å². The molecule has 1 saturated heterocycles. The summed E-state index contributed by atoms with van der Waals surface area (Å²) >= 11 is 0. The van der Waals surface area contributed by atoms with Crippen LogP contribution in [0, 0.1) is 25.7 Å². The molecule has 1 aliphatic carbocycles. The average Bonchev–Trinajstić information content (AvgIpc) is 3.58. The van der Waals surface area contributed by atoms with Gasteiger partial charge < -0.3 is 9.47 Å². The highest BCUT2D eigenvalue weighted by Gasteiger charge is 2.40. The monoisotopic (exact) mass is 419 g/mol. The number of carbonyl (C=O) groups excluding carboxylic acids is 1. The second-order valence-electron chi connectivity index (χ2n) is 10.0. The number of aryl methyl sites for hydroxylation is 1. The van der Waals surface area contributed by atoms with Crippen LogP contribution in [-0.4, -0.2) is 40.4 Å². The number of hydrogen-bond donors (Lipinski definition) is 0. The highest BCUT2D eigenvalue weighted by Crippen LogP contribution is 2.38. The highest BCUT2D eigenvalue weighted by atomic mass is 16.2. The lowest BCUT2D eigenvalue weighted by molar-refractivity contribution is -0.135. The molecule has 2 aliphatic heterocycles. The lowest BCUT2D eigenvalue weighted by atomic mass is 9.82. The number of rotatable bonds is 5. The van der Waals surface area contributed by atoms with Crippen molar-refractivity contribution in [2.45, 2.75) is 58.7 Å². The maximum Gasteiger partial charge on any atom is 0.255 e. The van der Waals surface area contributed by atoms with E-state index in [0.29, 0.717) is 24.3 Å². The number of fused-ring (bicyclic) bond motifs is 4. The number of pyridine rings is 1. The Bertz CT molecular complexity index is 1070. The summed E-state index contributed by atoms with van der Waals surface area (Å²) in [5.74, 6) is 1.31. The van der Waals surface area contributed by atoms with Crippen molar-refractivity contribution in [2.24, 2.45) is 11.8 Å². The molecule has 5 rings (SSSR count). The first kappa shape index (κ1) is 20.5. The number of benzene rings is 1. The molecule has 5 heteroatoms. The van der Waals surface area contributed by atoms with Crippen molar-refractivity contribution in [3.63, 3.8) is 0 Å². The topological polar surface area (TPSA) is 45.6 Å². The minimum absolute atomic E-state index is 0.155. The average molecular weight is 420 g/mol. The van der Waals surface area contributed by atoms with Gasteiger partial charge in [-0.1, -0.05) is 24.3 Å². The number of amides is 1. The summed E-state index contributed by atoms with van der Waals surface area (Å²) in [4.78, 5) is 30.2. The van der Waals surface area contributed by atoms with Crippen molar-refractivity contribution in [2.75, 3.05) is 20.1 Å². The van der Waals surface area contributed by atoms with E-state index in [1.165, 1.54) is 16.7 Å². The number of nitrogens with zero attached hydrogens (tertiary/aromatic N) is 3. The Hall–Kier alpha value is -2.40. The summed E-state index contributed by atoms with van der Waals surface area (Å²) in [5, 5.41) is 0. The van der Waals surface area contributed by atoms with Gasteiger partial charge in [0.2, 0.25) is 5.91 Å². The van der Waals surface area contributed by atoms with E-state index < -0.39 is 0 Å². The number of likely N-dealkylation sites (tertiary alicyclic amines) is 1. The molecule has 2 atom stereocenters. The first-order chi connectivity index (χ1) is 14.9. The zero-order chi connectivity index (χ0) is 21.7. The van der Waals surface area contributed by atoms with Gasteiger partial charge in [-0.05, 0) is 68.8 Å². The van der Waals surface area contributed by atoms with Crippen molar-refractivity contribution >= 4 is 5.91 Å². The van der Waals surface area contributed by atoms with Crippen LogP contribution >= 0.6 is 0 Å². The van der Waals surface area contributed by atoms with Gasteiger partial charge >= 0.3 is 0 Å². The molecule has 1 aromatic heterocycles. The molecular weight excluding hydrogens is 386 g/mol. The van der Waals surface area contributed by atoms with E-state index in [1.807, 2.05) is 10.6 Å². The van der Waals surface area contributed by atoms with Crippen LogP contribution in [0.5, 0.6) is 0 Å². The minimum atomic E-state index is 0.155. The van der Waals surface area contributed by atoms with Crippen molar-refractivity contribution in [3.05, 3.63) is 68.6 Å². The van der Waals surface area contributed by atoms with E-state index in [0.717, 1.165) is 56.7 Å². The molecule has 1 amide bonds. The highest BCUT2D eigenvalue weighted by molar-refractivity contribution is 5.81. The second-order valence-corrected chi connectivity index (χ2v) is 10.0. The third-order valence-corrected chi connectivity index (χ3v) is 7.52. The fourth-order valence-electron chi connectivity index (χ4n) is 5.50. The van der Waals surface area contributed by atoms with E-state index in [4.69, 9.17) is 0 Å². The van der Waals surface area contributed by atoms with Crippen LogP contribution in [0.25, 0.3) is 0 Å². The molecule has 0 N–H and O–H groups in total. The van der Waals surface area contributed by atoms with Crippen molar-refractivity contribution in [3.8, 4) is 0 Å². The molecule has 2 bridgehead atoms. The van der Waals surface area contributed by atoms with Gasteiger partial charge in [0.1, 0.15) is 0 Å². The fourth-order valence-corrected chi connectivity index (χ4v) is 5.50. The molecule has 2 fully saturated rings. The zero-order valence-corrected chi connectivity index (χ0v) is 18.9. The van der Waals surface area contributed by atoms with Gasteiger partial charge in [0.05, 0.1) is 0 Å². The number of aromatic nitrogens is 1. The number of piperidine rings is 1. The maximum atomic E-state index is 13.3. The van der Waals surface area contributed by atoms with Crippen molar-refractivity contribution in [1.82, 2.24) is 14.4 Å². The molecule has 31 heavy (non-hydrogen) atoms. The lowest BCUT2D eigenvalue weighted by Crippen LogP contribution is -2.50. The summed E-state index contributed by atoms with van der Waals surface area (Å²) in [6.07, 6.45) is 3.21. The van der Waals surface area contributed by atoms with Crippen LogP contribution in [0.2, 0.25) is 0 Å². The van der Waals surface area contributed by atoms with E-state index in [1.54, 1.807) is 0 Å². The van der Waals surface area contributed by atoms with Gasteiger partial charge in [-0.15, -0.1) is 0 Å². The van der Waals surface area contributed by atoms with Crippen molar-refractivity contribution < 1.29 is 4.79 Å². The predicted octanol–water partition coefficient (Wildman–Crippen LogP) is 3.45. The van der Waals surface area contributed by atoms with Gasteiger partial charge in [0.25, 0.3) is 5.56 Å². The second kappa shape index (κ2) is 7.94. The molecular formula is C26H33N3O2.